The third-order valence-electron chi connectivity index (χ3n) is 1.05. The zero-order chi connectivity index (χ0) is 11.3. The first-order valence-electron chi connectivity index (χ1n) is 4.49. The highest BCUT2D eigenvalue weighted by Crippen LogP contribution is 1.94. The third-order valence-corrected chi connectivity index (χ3v) is 1.05. The van der Waals surface area contributed by atoms with E-state index in [4.69, 9.17) is 5.73 Å². The maximum atomic E-state index is 5.11. The van der Waals surface area contributed by atoms with Gasteiger partial charge in [0.25, 0.3) is 0 Å². The maximum absolute atomic E-state index is 5.11. The van der Waals surface area contributed by atoms with Crippen molar-refractivity contribution in [1.29, 1.82) is 0 Å². The van der Waals surface area contributed by atoms with Crippen LogP contribution in [0.15, 0.2) is 16.8 Å². The lowest BCUT2D eigenvalue weighted by Crippen LogP contribution is -2.06. The van der Waals surface area contributed by atoms with E-state index < -0.39 is 0 Å². The number of rotatable bonds is 1. The van der Waals surface area contributed by atoms with Crippen LogP contribution in [0.1, 0.15) is 41.0 Å². The van der Waals surface area contributed by atoms with E-state index in [1.54, 1.807) is 0 Å². The molecule has 80 valence electrons. The van der Waals surface area contributed by atoms with Gasteiger partial charge in [0, 0.05) is 6.72 Å². The summed E-state index contributed by atoms with van der Waals surface area (Å²) in [5, 5.41) is 2.75. The summed E-state index contributed by atoms with van der Waals surface area (Å²) < 4.78 is 0. The van der Waals surface area contributed by atoms with Gasteiger partial charge in [-0.1, -0.05) is 32.4 Å². The van der Waals surface area contributed by atoms with Gasteiger partial charge >= 0.3 is 0 Å². The fourth-order valence-corrected chi connectivity index (χ4v) is 0.204. The van der Waals surface area contributed by atoms with E-state index in [9.17, 15) is 0 Å². The molecule has 0 aromatic carbocycles. The monoisotopic (exact) mass is 187 g/mol. The molecule has 3 nitrogen and oxygen atoms in total. The molecule has 0 aromatic rings. The lowest BCUT2D eigenvalue weighted by atomic mass is 10.2. The Morgan fingerprint density at radius 2 is 1.77 bits per heavy atom. The Morgan fingerprint density at radius 3 is 1.77 bits per heavy atom. The highest BCUT2D eigenvalue weighted by atomic mass is 15.1. The van der Waals surface area contributed by atoms with Crippen LogP contribution in [0.25, 0.3) is 0 Å². The first kappa shape index (κ1) is 18.1. The maximum Gasteiger partial charge on any atom is 0.0102 e. The number of allylic oxidation sites excluding steroid dienone is 2. The van der Waals surface area contributed by atoms with E-state index in [1.807, 2.05) is 13.8 Å². The van der Waals surface area contributed by atoms with Crippen molar-refractivity contribution >= 4 is 6.72 Å². The summed E-state index contributed by atoms with van der Waals surface area (Å²) in [6, 6.07) is 0.333. The van der Waals surface area contributed by atoms with Crippen LogP contribution in [-0.2, 0) is 0 Å². The summed E-state index contributed by atoms with van der Waals surface area (Å²) in [6.45, 7) is 13.1. The van der Waals surface area contributed by atoms with Gasteiger partial charge in [-0.2, -0.15) is 5.10 Å². The second-order valence-electron chi connectivity index (χ2n) is 2.92. The quantitative estimate of drug-likeness (QED) is 0.286. The van der Waals surface area contributed by atoms with Gasteiger partial charge in [-0.25, -0.2) is 0 Å². The van der Waals surface area contributed by atoms with Gasteiger partial charge in [-0.05, 0) is 26.3 Å². The third kappa shape index (κ3) is 93.5. The summed E-state index contributed by atoms with van der Waals surface area (Å²) in [5.74, 6) is 4.36. The molecular weight excluding hydrogens is 162 g/mol. The minimum Gasteiger partial charge on any atom is -0.328 e. The molecule has 13 heavy (non-hydrogen) atoms. The van der Waals surface area contributed by atoms with Crippen molar-refractivity contribution in [3.05, 3.63) is 11.6 Å². The highest BCUT2D eigenvalue weighted by Gasteiger charge is 1.73. The van der Waals surface area contributed by atoms with Gasteiger partial charge in [-0.3, -0.25) is 0 Å². The fraction of sp³-hybridized carbons (Fsp3) is 0.700. The van der Waals surface area contributed by atoms with Gasteiger partial charge in [0.1, 0.15) is 0 Å². The Morgan fingerprint density at radius 1 is 1.54 bits per heavy atom. The largest absolute Gasteiger partial charge is 0.328 e. The second-order valence-corrected chi connectivity index (χ2v) is 2.92. The lowest BCUT2D eigenvalue weighted by molar-refractivity contribution is 0.834. The van der Waals surface area contributed by atoms with Gasteiger partial charge in [0.2, 0.25) is 0 Å². The van der Waals surface area contributed by atoms with Crippen LogP contribution in [-0.4, -0.2) is 12.8 Å². The average molecular weight is 187 g/mol. The number of hydrogen-bond acceptors (Lipinski definition) is 3. The minimum atomic E-state index is 0.333. The molecule has 0 rings (SSSR count). The molecule has 0 fully saturated rings. The molecule has 3 heteroatoms. The van der Waals surface area contributed by atoms with Crippen molar-refractivity contribution in [2.45, 2.75) is 47.1 Å². The fourth-order valence-electron chi connectivity index (χ4n) is 0.204. The first-order valence-corrected chi connectivity index (χ1v) is 4.49. The second kappa shape index (κ2) is 17.3. The molecule has 0 saturated carbocycles. The Labute approximate surface area is 82.9 Å². The van der Waals surface area contributed by atoms with Crippen LogP contribution >= 0.6 is 0 Å². The zero-order valence-corrected chi connectivity index (χ0v) is 9.67. The van der Waals surface area contributed by atoms with Gasteiger partial charge in [0.05, 0.1) is 0 Å². The van der Waals surface area contributed by atoms with Gasteiger partial charge < -0.3 is 11.6 Å². The van der Waals surface area contributed by atoms with Crippen LogP contribution in [0, 0.1) is 0 Å². The molecule has 0 atom stereocenters. The van der Waals surface area contributed by atoms with Crippen LogP contribution in [0.4, 0.5) is 0 Å². The van der Waals surface area contributed by atoms with Crippen LogP contribution in [0.3, 0.4) is 0 Å². The molecule has 0 heterocycles. The van der Waals surface area contributed by atoms with Crippen molar-refractivity contribution in [2.24, 2.45) is 16.7 Å². The van der Waals surface area contributed by atoms with E-state index in [0.717, 1.165) is 0 Å². The minimum absolute atomic E-state index is 0.333. The summed E-state index contributed by atoms with van der Waals surface area (Å²) in [6.07, 6.45) is 3.33. The topological polar surface area (TPSA) is 64.4 Å². The van der Waals surface area contributed by atoms with Crippen LogP contribution in [0.5, 0.6) is 0 Å². The van der Waals surface area contributed by atoms with Crippen molar-refractivity contribution < 1.29 is 0 Å². The van der Waals surface area contributed by atoms with Gasteiger partial charge in [0.15, 0.2) is 0 Å². The van der Waals surface area contributed by atoms with E-state index in [-0.39, 0.29) is 0 Å². The van der Waals surface area contributed by atoms with Crippen molar-refractivity contribution in [3.8, 4) is 0 Å². The number of hydrazone groups is 1. The molecule has 0 unspecified atom stereocenters. The first-order chi connectivity index (χ1) is 5.95. The predicted molar refractivity (Wildman–Crippen MR) is 62.8 cm³/mol. The molecule has 0 radical (unpaired) electrons. The molecule has 0 bridgehead atoms. The van der Waals surface area contributed by atoms with E-state index >= 15 is 0 Å². The number of nitrogens with two attached hydrogens (primary N) is 2. The molecule has 0 spiro atoms. The summed E-state index contributed by atoms with van der Waals surface area (Å²) in [4.78, 5) is 0. The smallest absolute Gasteiger partial charge is 0.0102 e. The molecular formula is C10H25N3. The van der Waals surface area contributed by atoms with Crippen LogP contribution in [0.2, 0.25) is 0 Å². The summed E-state index contributed by atoms with van der Waals surface area (Å²) in [7, 11) is 0. The van der Waals surface area contributed by atoms with E-state index in [1.165, 1.54) is 12.0 Å². The average Bonchev–Trinajstić information content (AvgIpc) is 2.03. The standard InChI is InChI=1S/C6H12.C3H9N.CH4N2/c1-4-6(3)5-2;1-3(2)4;1-3-2/h4H,5H2,1-3H3;3H,4H2,1-2H3;1-2H2/b6-4+;;. The molecule has 0 aliphatic rings. The molecule has 0 aliphatic carbocycles. The lowest BCUT2D eigenvalue weighted by Gasteiger charge is -1.85. The van der Waals surface area contributed by atoms with Crippen molar-refractivity contribution in [1.82, 2.24) is 0 Å². The molecule has 0 amide bonds. The van der Waals surface area contributed by atoms with Crippen molar-refractivity contribution in [2.75, 3.05) is 0 Å². The normalized spacial score (nSPS) is 9.31. The van der Waals surface area contributed by atoms with E-state index in [0.29, 0.717) is 6.04 Å². The Balaban J connectivity index is -0.000000125. The zero-order valence-electron chi connectivity index (χ0n) is 9.67. The number of hydrogen-bond donors (Lipinski definition) is 2. The number of nitrogens with zero attached hydrogens (tertiary/aromatic N) is 1. The molecule has 4 N–H and O–H groups in total. The Hall–Kier alpha value is -0.830. The predicted octanol–water partition coefficient (Wildman–Crippen LogP) is 2.28. The highest BCUT2D eigenvalue weighted by molar-refractivity contribution is 5.21. The molecule has 0 saturated heterocycles. The van der Waals surface area contributed by atoms with Gasteiger partial charge in [-0.15, -0.1) is 0 Å². The van der Waals surface area contributed by atoms with Crippen molar-refractivity contribution in [3.63, 3.8) is 0 Å². The Bertz CT molecular complexity index is 115. The summed E-state index contributed by atoms with van der Waals surface area (Å²) in [5.41, 5.74) is 6.58. The summed E-state index contributed by atoms with van der Waals surface area (Å²) >= 11 is 0. The van der Waals surface area contributed by atoms with E-state index in [2.05, 4.69) is 44.5 Å². The molecule has 0 aromatic heterocycles. The molecule has 0 aliphatic heterocycles. The van der Waals surface area contributed by atoms with Crippen LogP contribution < -0.4 is 11.6 Å². The SMILES string of the molecule is C/C=C(\C)CC.C=NN.CC(C)N. The Kier molecular flexibility index (Phi) is 24.0.